The third kappa shape index (κ3) is 4.25. The third-order valence-corrected chi connectivity index (χ3v) is 10.6. The fourth-order valence-corrected chi connectivity index (χ4v) is 8.27. The summed E-state index contributed by atoms with van der Waals surface area (Å²) in [5.74, 6) is 0. The minimum Gasteiger partial charge on any atom is -0.317 e. The molecule has 3 heterocycles. The van der Waals surface area contributed by atoms with Crippen molar-refractivity contribution in [3.05, 3.63) is 188 Å². The summed E-state index contributed by atoms with van der Waals surface area (Å²) in [6.07, 6.45) is 2.21. The number of aromatic nitrogens is 3. The Morgan fingerprint density at radius 3 is 1.55 bits per heavy atom. The Bertz CT molecular complexity index is 3120. The normalized spacial score (nSPS) is 11.9. The van der Waals surface area contributed by atoms with Crippen LogP contribution in [0.3, 0.4) is 0 Å². The molecule has 0 N–H and O–H groups in total. The smallest absolute Gasteiger partial charge is 0.0547 e. The standard InChI is InChI=1S/C48H31N3/c1-3-13-37(14-4-1)50-44-20-9-7-18-40(44)42-28-33(22-23-46(42)50)32-12-11-17-39(27-32)49-25-24-34-26-35-31-48-43(29-36(35)30-47(34)49)41-19-8-10-21-45(41)51(48)38-15-5-2-6-16-38/h1-31H. The van der Waals surface area contributed by atoms with E-state index in [4.69, 9.17) is 0 Å². The van der Waals surface area contributed by atoms with Crippen molar-refractivity contribution in [3.8, 4) is 28.2 Å². The molecular weight excluding hydrogens is 619 g/mol. The fraction of sp³-hybridized carbons (Fsp3) is 0. The Hall–Kier alpha value is -6.84. The van der Waals surface area contributed by atoms with Gasteiger partial charge in [-0.2, -0.15) is 0 Å². The summed E-state index contributed by atoms with van der Waals surface area (Å²) in [4.78, 5) is 0. The zero-order valence-corrected chi connectivity index (χ0v) is 27.7. The second kappa shape index (κ2) is 10.8. The maximum Gasteiger partial charge on any atom is 0.0547 e. The van der Waals surface area contributed by atoms with E-state index in [1.54, 1.807) is 0 Å². The van der Waals surface area contributed by atoms with E-state index >= 15 is 0 Å². The van der Waals surface area contributed by atoms with Crippen LogP contribution >= 0.6 is 0 Å². The molecule has 0 saturated heterocycles. The molecule has 0 saturated carbocycles. The molecule has 0 atom stereocenters. The van der Waals surface area contributed by atoms with Crippen molar-refractivity contribution in [2.24, 2.45) is 0 Å². The van der Waals surface area contributed by atoms with Gasteiger partial charge in [0.05, 0.1) is 27.6 Å². The summed E-state index contributed by atoms with van der Waals surface area (Å²) < 4.78 is 7.09. The molecule has 3 nitrogen and oxygen atoms in total. The number of rotatable bonds is 4. The molecule has 0 bridgehead atoms. The van der Waals surface area contributed by atoms with Gasteiger partial charge in [0, 0.05) is 50.2 Å². The first-order valence-corrected chi connectivity index (χ1v) is 17.5. The van der Waals surface area contributed by atoms with Crippen LogP contribution in [0.15, 0.2) is 188 Å². The molecule has 0 amide bonds. The van der Waals surface area contributed by atoms with Gasteiger partial charge in [-0.1, -0.05) is 91.0 Å². The van der Waals surface area contributed by atoms with Crippen LogP contribution in [0.4, 0.5) is 0 Å². The Kier molecular flexibility index (Phi) is 5.96. The minimum atomic E-state index is 1.15. The Balaban J connectivity index is 1.05. The van der Waals surface area contributed by atoms with Crippen molar-refractivity contribution >= 4 is 65.3 Å². The monoisotopic (exact) mass is 649 g/mol. The molecule has 11 rings (SSSR count). The molecule has 0 aliphatic heterocycles. The van der Waals surface area contributed by atoms with Crippen LogP contribution in [0, 0.1) is 0 Å². The molecule has 0 spiro atoms. The average molecular weight is 650 g/mol. The lowest BCUT2D eigenvalue weighted by Gasteiger charge is -2.11. The highest BCUT2D eigenvalue weighted by Gasteiger charge is 2.16. The van der Waals surface area contributed by atoms with Crippen LogP contribution in [0.5, 0.6) is 0 Å². The number of nitrogens with zero attached hydrogens (tertiary/aromatic N) is 3. The highest BCUT2D eigenvalue weighted by atomic mass is 15.0. The van der Waals surface area contributed by atoms with Crippen molar-refractivity contribution in [1.29, 1.82) is 0 Å². The first kappa shape index (κ1) is 28.0. The summed E-state index contributed by atoms with van der Waals surface area (Å²) in [6, 6.07) is 66.3. The predicted octanol–water partition coefficient (Wildman–Crippen LogP) is 12.6. The van der Waals surface area contributed by atoms with E-state index in [1.807, 2.05) is 0 Å². The van der Waals surface area contributed by atoms with Gasteiger partial charge in [-0.25, -0.2) is 0 Å². The lowest BCUT2D eigenvalue weighted by atomic mass is 10.0. The first-order chi connectivity index (χ1) is 25.3. The minimum absolute atomic E-state index is 1.15. The van der Waals surface area contributed by atoms with Crippen molar-refractivity contribution < 1.29 is 0 Å². The SMILES string of the molecule is c1ccc(-n2c3ccccc3c3cc(-c4cccc(-n5ccc6cc7cc8c(cc7cc65)c5ccccc5n8-c5ccccc5)c4)ccc32)cc1. The van der Waals surface area contributed by atoms with Gasteiger partial charge in [0.25, 0.3) is 0 Å². The van der Waals surface area contributed by atoms with Gasteiger partial charge in [-0.05, 0) is 113 Å². The zero-order valence-electron chi connectivity index (χ0n) is 27.7. The fourth-order valence-electron chi connectivity index (χ4n) is 8.27. The van der Waals surface area contributed by atoms with Crippen molar-refractivity contribution in [2.45, 2.75) is 0 Å². The summed E-state index contributed by atoms with van der Waals surface area (Å²) in [5, 5.41) is 8.76. The van der Waals surface area contributed by atoms with Gasteiger partial charge in [-0.15, -0.1) is 0 Å². The van der Waals surface area contributed by atoms with Crippen molar-refractivity contribution in [1.82, 2.24) is 13.7 Å². The maximum atomic E-state index is 2.39. The highest BCUT2D eigenvalue weighted by Crippen LogP contribution is 2.38. The topological polar surface area (TPSA) is 14.8 Å². The molecule has 0 aliphatic rings. The third-order valence-electron chi connectivity index (χ3n) is 10.6. The van der Waals surface area contributed by atoms with E-state index in [2.05, 4.69) is 202 Å². The number of para-hydroxylation sites is 4. The molecule has 0 fully saturated rings. The van der Waals surface area contributed by atoms with Gasteiger partial charge in [0.15, 0.2) is 0 Å². The van der Waals surface area contributed by atoms with Crippen molar-refractivity contribution in [2.75, 3.05) is 0 Å². The molecule has 0 unspecified atom stereocenters. The molecule has 238 valence electrons. The second-order valence-electron chi connectivity index (χ2n) is 13.5. The number of fused-ring (bicyclic) bond motifs is 8. The first-order valence-electron chi connectivity index (χ1n) is 17.5. The Morgan fingerprint density at radius 2 is 0.824 bits per heavy atom. The van der Waals surface area contributed by atoms with E-state index in [-0.39, 0.29) is 0 Å². The molecule has 0 radical (unpaired) electrons. The van der Waals surface area contributed by atoms with Gasteiger partial charge in [0.2, 0.25) is 0 Å². The highest BCUT2D eigenvalue weighted by molar-refractivity contribution is 6.15. The molecule has 3 aromatic heterocycles. The molecule has 11 aromatic rings. The Labute approximate surface area is 294 Å². The molecule has 51 heavy (non-hydrogen) atoms. The van der Waals surface area contributed by atoms with Crippen LogP contribution in [0.2, 0.25) is 0 Å². The molecular formula is C48H31N3. The summed E-state index contributed by atoms with van der Waals surface area (Å²) in [6.45, 7) is 0. The lowest BCUT2D eigenvalue weighted by molar-refractivity contribution is 1.13. The molecule has 3 heteroatoms. The van der Waals surface area contributed by atoms with Crippen LogP contribution in [0.25, 0.3) is 93.5 Å². The van der Waals surface area contributed by atoms with Gasteiger partial charge in [0.1, 0.15) is 0 Å². The van der Waals surface area contributed by atoms with E-state index < -0.39 is 0 Å². The summed E-state index contributed by atoms with van der Waals surface area (Å²) in [7, 11) is 0. The summed E-state index contributed by atoms with van der Waals surface area (Å²) >= 11 is 0. The zero-order chi connectivity index (χ0) is 33.5. The van der Waals surface area contributed by atoms with E-state index in [0.29, 0.717) is 0 Å². The van der Waals surface area contributed by atoms with E-state index in [0.717, 1.165) is 5.69 Å². The summed E-state index contributed by atoms with van der Waals surface area (Å²) in [5.41, 5.74) is 12.0. The quantitative estimate of drug-likeness (QED) is 0.180. The van der Waals surface area contributed by atoms with E-state index in [1.165, 1.54) is 87.8 Å². The number of benzene rings is 8. The van der Waals surface area contributed by atoms with Gasteiger partial charge < -0.3 is 13.7 Å². The second-order valence-corrected chi connectivity index (χ2v) is 13.5. The maximum absolute atomic E-state index is 2.39. The predicted molar refractivity (Wildman–Crippen MR) is 215 cm³/mol. The lowest BCUT2D eigenvalue weighted by Crippen LogP contribution is -1.94. The van der Waals surface area contributed by atoms with Crippen LogP contribution < -0.4 is 0 Å². The van der Waals surface area contributed by atoms with Crippen LogP contribution in [-0.4, -0.2) is 13.7 Å². The van der Waals surface area contributed by atoms with Crippen LogP contribution in [0.1, 0.15) is 0 Å². The van der Waals surface area contributed by atoms with Gasteiger partial charge >= 0.3 is 0 Å². The number of hydrogen-bond donors (Lipinski definition) is 0. The number of hydrogen-bond acceptors (Lipinski definition) is 0. The van der Waals surface area contributed by atoms with Gasteiger partial charge in [-0.3, -0.25) is 0 Å². The molecule has 0 aliphatic carbocycles. The van der Waals surface area contributed by atoms with Crippen molar-refractivity contribution in [3.63, 3.8) is 0 Å². The van der Waals surface area contributed by atoms with Crippen LogP contribution in [-0.2, 0) is 0 Å². The molecule has 8 aromatic carbocycles. The average Bonchev–Trinajstić information content (AvgIpc) is 3.86. The Morgan fingerprint density at radius 1 is 0.275 bits per heavy atom. The van der Waals surface area contributed by atoms with E-state index in [9.17, 15) is 0 Å². The largest absolute Gasteiger partial charge is 0.317 e.